The van der Waals surface area contributed by atoms with Crippen LogP contribution in [0.2, 0.25) is 0 Å². The van der Waals surface area contributed by atoms with Gasteiger partial charge in [-0.3, -0.25) is 0 Å². The maximum atomic E-state index is 5.59. The molecule has 1 rings (SSSR count). The summed E-state index contributed by atoms with van der Waals surface area (Å²) < 4.78 is 6.72. The molecule has 1 unspecified atom stereocenters. The third-order valence-corrected chi connectivity index (χ3v) is 3.47. The number of hydrogen-bond acceptors (Lipinski definition) is 3. The maximum Gasteiger partial charge on any atom is 0.0593 e. The molecule has 0 heterocycles. The van der Waals surface area contributed by atoms with Gasteiger partial charge in [-0.15, -0.1) is 0 Å². The fraction of sp³-hybridized carbons (Fsp3) is 0.600. The zero-order chi connectivity index (χ0) is 14.1. The predicted molar refractivity (Wildman–Crippen MR) is 84.5 cm³/mol. The van der Waals surface area contributed by atoms with Gasteiger partial charge in [0.1, 0.15) is 0 Å². The molecular weight excluding hydrogens is 304 g/mol. The Hall–Kier alpha value is -0.420. The smallest absolute Gasteiger partial charge is 0.0593 e. The molecule has 0 aliphatic rings. The Morgan fingerprint density at radius 2 is 2.11 bits per heavy atom. The predicted octanol–water partition coefficient (Wildman–Crippen LogP) is 3.07. The molecule has 0 aliphatic carbocycles. The minimum absolute atomic E-state index is 0.398. The number of hydrogen-bond donors (Lipinski definition) is 1. The van der Waals surface area contributed by atoms with Crippen LogP contribution in [0.1, 0.15) is 24.9 Å². The van der Waals surface area contributed by atoms with Crippen LogP contribution in [0.25, 0.3) is 0 Å². The van der Waals surface area contributed by atoms with Crippen LogP contribution in [-0.2, 0) is 4.74 Å². The molecule has 0 radical (unpaired) electrons. The van der Waals surface area contributed by atoms with Crippen molar-refractivity contribution in [2.24, 2.45) is 0 Å². The van der Waals surface area contributed by atoms with Crippen LogP contribution >= 0.6 is 15.9 Å². The number of nitrogens with one attached hydrogen (secondary N) is 1. The highest BCUT2D eigenvalue weighted by Gasteiger charge is 2.08. The summed E-state index contributed by atoms with van der Waals surface area (Å²) in [6.07, 6.45) is 1.08. The molecule has 1 atom stereocenters. The molecule has 0 saturated carbocycles. The molecule has 19 heavy (non-hydrogen) atoms. The highest BCUT2D eigenvalue weighted by Crippen LogP contribution is 2.20. The van der Waals surface area contributed by atoms with E-state index in [-0.39, 0.29) is 0 Å². The van der Waals surface area contributed by atoms with Crippen molar-refractivity contribution >= 4 is 15.9 Å². The summed E-state index contributed by atoms with van der Waals surface area (Å²) in [7, 11) is 4.12. The van der Waals surface area contributed by atoms with E-state index < -0.39 is 0 Å². The fourth-order valence-electron chi connectivity index (χ4n) is 1.88. The van der Waals surface area contributed by atoms with Gasteiger partial charge < -0.3 is 15.0 Å². The molecule has 4 heteroatoms. The number of benzene rings is 1. The Kier molecular flexibility index (Phi) is 8.30. The second-order valence-corrected chi connectivity index (χ2v) is 5.80. The van der Waals surface area contributed by atoms with E-state index in [1.807, 2.05) is 0 Å². The fourth-order valence-corrected chi connectivity index (χ4v) is 2.29. The lowest BCUT2D eigenvalue weighted by molar-refractivity contribution is 0.117. The van der Waals surface area contributed by atoms with E-state index in [4.69, 9.17) is 4.74 Å². The van der Waals surface area contributed by atoms with E-state index in [1.165, 1.54) is 5.56 Å². The highest BCUT2D eigenvalue weighted by atomic mass is 79.9. The number of ether oxygens (including phenoxy) is 1. The third kappa shape index (κ3) is 7.06. The summed E-state index contributed by atoms with van der Waals surface area (Å²) in [4.78, 5) is 2.13. The Balaban J connectivity index is 2.26. The minimum atomic E-state index is 0.398. The van der Waals surface area contributed by atoms with Crippen LogP contribution < -0.4 is 5.32 Å². The average molecular weight is 329 g/mol. The van der Waals surface area contributed by atoms with Crippen molar-refractivity contribution in [3.8, 4) is 0 Å². The molecule has 1 aromatic rings. The first kappa shape index (κ1) is 16.6. The SMILES string of the molecule is CCC(NCCOCCN(C)C)c1cccc(Br)c1. The van der Waals surface area contributed by atoms with Crippen molar-refractivity contribution in [3.05, 3.63) is 34.3 Å². The van der Waals surface area contributed by atoms with E-state index in [2.05, 4.69) is 71.4 Å². The largest absolute Gasteiger partial charge is 0.379 e. The van der Waals surface area contributed by atoms with Crippen LogP contribution in [0.5, 0.6) is 0 Å². The van der Waals surface area contributed by atoms with Crippen LogP contribution in [0, 0.1) is 0 Å². The molecule has 1 N–H and O–H groups in total. The van der Waals surface area contributed by atoms with Gasteiger partial charge in [-0.25, -0.2) is 0 Å². The maximum absolute atomic E-state index is 5.59. The van der Waals surface area contributed by atoms with Crippen molar-refractivity contribution in [3.63, 3.8) is 0 Å². The van der Waals surface area contributed by atoms with Gasteiger partial charge in [0.2, 0.25) is 0 Å². The van der Waals surface area contributed by atoms with Crippen LogP contribution in [0.3, 0.4) is 0 Å². The molecule has 0 saturated heterocycles. The molecule has 108 valence electrons. The molecule has 0 aromatic heterocycles. The molecule has 0 bridgehead atoms. The molecule has 0 amide bonds. The third-order valence-electron chi connectivity index (χ3n) is 2.98. The number of halogens is 1. The Morgan fingerprint density at radius 3 is 2.74 bits per heavy atom. The van der Waals surface area contributed by atoms with Crippen molar-refractivity contribution in [1.29, 1.82) is 0 Å². The summed E-state index contributed by atoms with van der Waals surface area (Å²) in [5, 5.41) is 3.54. The lowest BCUT2D eigenvalue weighted by Gasteiger charge is -2.18. The van der Waals surface area contributed by atoms with Gasteiger partial charge in [-0.05, 0) is 38.2 Å². The van der Waals surface area contributed by atoms with Crippen LogP contribution in [-0.4, -0.2) is 45.3 Å². The topological polar surface area (TPSA) is 24.5 Å². The first-order valence-corrected chi connectivity index (χ1v) is 7.64. The minimum Gasteiger partial charge on any atom is -0.379 e. The van der Waals surface area contributed by atoms with Crippen molar-refractivity contribution in [2.75, 3.05) is 40.4 Å². The van der Waals surface area contributed by atoms with Gasteiger partial charge in [0.05, 0.1) is 13.2 Å². The van der Waals surface area contributed by atoms with E-state index in [9.17, 15) is 0 Å². The van der Waals surface area contributed by atoms with E-state index in [1.54, 1.807) is 0 Å². The number of rotatable bonds is 9. The molecular formula is C15H25BrN2O. The Bertz CT molecular complexity index is 358. The molecule has 3 nitrogen and oxygen atoms in total. The van der Waals surface area contributed by atoms with E-state index in [0.717, 1.165) is 37.2 Å². The summed E-state index contributed by atoms with van der Waals surface area (Å²) in [6.45, 7) is 5.62. The van der Waals surface area contributed by atoms with Gasteiger partial charge >= 0.3 is 0 Å². The average Bonchev–Trinajstić information content (AvgIpc) is 2.37. The molecule has 0 spiro atoms. The zero-order valence-electron chi connectivity index (χ0n) is 12.2. The van der Waals surface area contributed by atoms with Crippen molar-refractivity contribution in [2.45, 2.75) is 19.4 Å². The van der Waals surface area contributed by atoms with Gasteiger partial charge in [0, 0.05) is 23.6 Å². The molecule has 0 fully saturated rings. The van der Waals surface area contributed by atoms with Crippen molar-refractivity contribution in [1.82, 2.24) is 10.2 Å². The van der Waals surface area contributed by atoms with Crippen LogP contribution in [0.4, 0.5) is 0 Å². The first-order valence-electron chi connectivity index (χ1n) is 6.84. The van der Waals surface area contributed by atoms with Gasteiger partial charge in [0.25, 0.3) is 0 Å². The summed E-state index contributed by atoms with van der Waals surface area (Å²) in [6, 6.07) is 8.88. The second-order valence-electron chi connectivity index (χ2n) is 4.89. The van der Waals surface area contributed by atoms with Gasteiger partial charge in [0.15, 0.2) is 0 Å². The lowest BCUT2D eigenvalue weighted by Crippen LogP contribution is -2.26. The summed E-state index contributed by atoms with van der Waals surface area (Å²) in [5.41, 5.74) is 1.32. The van der Waals surface area contributed by atoms with Crippen LogP contribution in [0.15, 0.2) is 28.7 Å². The summed E-state index contributed by atoms with van der Waals surface area (Å²) >= 11 is 3.52. The number of likely N-dealkylation sites (N-methyl/N-ethyl adjacent to an activating group) is 1. The van der Waals surface area contributed by atoms with Gasteiger partial charge in [-0.2, -0.15) is 0 Å². The molecule has 0 aliphatic heterocycles. The Morgan fingerprint density at radius 1 is 1.32 bits per heavy atom. The Labute approximate surface area is 125 Å². The second kappa shape index (κ2) is 9.48. The monoisotopic (exact) mass is 328 g/mol. The van der Waals surface area contributed by atoms with Crippen molar-refractivity contribution < 1.29 is 4.74 Å². The quantitative estimate of drug-likeness (QED) is 0.705. The number of nitrogens with zero attached hydrogens (tertiary/aromatic N) is 1. The normalized spacial score (nSPS) is 12.9. The standard InChI is InChI=1S/C15H25BrN2O/c1-4-15(13-6-5-7-14(16)12-13)17-8-10-19-11-9-18(2)3/h5-7,12,15,17H,4,8-11H2,1-3H3. The highest BCUT2D eigenvalue weighted by molar-refractivity contribution is 9.10. The summed E-state index contributed by atoms with van der Waals surface area (Å²) in [5.74, 6) is 0. The van der Waals surface area contributed by atoms with E-state index in [0.29, 0.717) is 6.04 Å². The zero-order valence-corrected chi connectivity index (χ0v) is 13.7. The van der Waals surface area contributed by atoms with E-state index >= 15 is 0 Å². The first-order chi connectivity index (χ1) is 9.13. The molecule has 1 aromatic carbocycles. The lowest BCUT2D eigenvalue weighted by atomic mass is 10.1. The van der Waals surface area contributed by atoms with Gasteiger partial charge in [-0.1, -0.05) is 35.0 Å².